The molecule has 0 unspecified atom stereocenters. The van der Waals surface area contributed by atoms with Gasteiger partial charge in [-0.2, -0.15) is 30.3 Å². The molecule has 0 aliphatic carbocycles. The van der Waals surface area contributed by atoms with Crippen LogP contribution in [-0.4, -0.2) is 23.1 Å². The zero-order valence-corrected chi connectivity index (χ0v) is 12.2. The summed E-state index contributed by atoms with van der Waals surface area (Å²) >= 11 is 0. The molecule has 84 valence electrons. The number of ether oxygens (including phenoxy) is 1. The molecule has 1 nitrogen and oxygen atoms in total. The summed E-state index contributed by atoms with van der Waals surface area (Å²) in [6, 6.07) is 16.7. The Bertz CT molecular complexity index is 436. The molecule has 0 N–H and O–H groups in total. The van der Waals surface area contributed by atoms with E-state index in [1.165, 1.54) is 12.1 Å². The van der Waals surface area contributed by atoms with Gasteiger partial charge in [-0.05, 0) is 12.1 Å². The van der Waals surface area contributed by atoms with E-state index in [1.807, 2.05) is 24.3 Å². The van der Waals surface area contributed by atoms with Gasteiger partial charge in [0.15, 0.2) is 0 Å². The molecule has 0 aromatic heterocycles. The fourth-order valence-corrected chi connectivity index (χ4v) is 1.24. The van der Waals surface area contributed by atoms with Gasteiger partial charge in [-0.1, -0.05) is 6.07 Å². The Morgan fingerprint density at radius 2 is 1.94 bits per heavy atom. The summed E-state index contributed by atoms with van der Waals surface area (Å²) in [6.45, 7) is 0.407. The van der Waals surface area contributed by atoms with Crippen molar-refractivity contribution in [1.29, 1.82) is 0 Å². The van der Waals surface area contributed by atoms with Crippen molar-refractivity contribution >= 4 is 23.1 Å². The molecule has 0 saturated carbocycles. The first-order valence-corrected chi connectivity index (χ1v) is 4.68. The van der Waals surface area contributed by atoms with Crippen molar-refractivity contribution in [3.8, 4) is 5.75 Å². The van der Waals surface area contributed by atoms with Crippen molar-refractivity contribution < 1.29 is 26.1 Å². The Balaban J connectivity index is 0.00000128. The van der Waals surface area contributed by atoms with Gasteiger partial charge >= 0.3 is 23.1 Å². The predicted octanol–water partition coefficient (Wildman–Crippen LogP) is -0.172. The van der Waals surface area contributed by atoms with Crippen LogP contribution in [0, 0.1) is 11.9 Å². The molecule has 0 radical (unpaired) electrons. The number of halogens is 2. The summed E-state index contributed by atoms with van der Waals surface area (Å²) in [5.41, 5.74) is 0.946. The molecule has 17 heavy (non-hydrogen) atoms. The maximum atomic E-state index is 12.8. The minimum absolute atomic E-state index is 0. The second kappa shape index (κ2) is 8.50. The van der Waals surface area contributed by atoms with E-state index in [0.29, 0.717) is 12.4 Å². The van der Waals surface area contributed by atoms with E-state index in [1.54, 1.807) is 12.1 Å². The smallest absolute Gasteiger partial charge is 1.00 e. The molecule has 0 saturated heterocycles. The first kappa shape index (κ1) is 16.4. The minimum Gasteiger partial charge on any atom is -1.00 e. The molecular formula is C13H10BrFMgO. The first-order valence-electron chi connectivity index (χ1n) is 4.68. The summed E-state index contributed by atoms with van der Waals surface area (Å²) in [5, 5.41) is 0. The Kier molecular flexibility index (Phi) is 8.21. The van der Waals surface area contributed by atoms with Gasteiger partial charge in [0, 0.05) is 6.07 Å². The van der Waals surface area contributed by atoms with Crippen LogP contribution in [0.4, 0.5) is 4.39 Å². The minimum atomic E-state index is -0.287. The quantitative estimate of drug-likeness (QED) is 0.565. The van der Waals surface area contributed by atoms with E-state index in [2.05, 4.69) is 6.07 Å². The van der Waals surface area contributed by atoms with Crippen molar-refractivity contribution in [2.45, 2.75) is 6.61 Å². The van der Waals surface area contributed by atoms with Gasteiger partial charge in [-0.15, -0.1) is 5.56 Å². The van der Waals surface area contributed by atoms with Crippen molar-refractivity contribution in [3.05, 3.63) is 66.0 Å². The van der Waals surface area contributed by atoms with Crippen molar-refractivity contribution in [2.24, 2.45) is 0 Å². The fraction of sp³-hybridized carbons (Fsp3) is 0.0769. The number of rotatable bonds is 3. The largest absolute Gasteiger partial charge is 2.00 e. The summed E-state index contributed by atoms with van der Waals surface area (Å²) in [7, 11) is 0. The zero-order chi connectivity index (χ0) is 10.5. The summed E-state index contributed by atoms with van der Waals surface area (Å²) < 4.78 is 18.2. The van der Waals surface area contributed by atoms with Crippen LogP contribution in [0.5, 0.6) is 5.75 Å². The standard InChI is InChI=1S/C13H10FO.BrH.Mg/c14-12-7-4-8-13(9-12)15-10-11-5-2-1-3-6-11;;/h1-5,7-9H,10H2;1H;/q-1;;+2/p-1. The van der Waals surface area contributed by atoms with Gasteiger partial charge in [0.05, 0.1) is 6.61 Å². The van der Waals surface area contributed by atoms with Crippen molar-refractivity contribution in [1.82, 2.24) is 0 Å². The maximum Gasteiger partial charge on any atom is 2.00 e. The van der Waals surface area contributed by atoms with E-state index in [0.717, 1.165) is 5.56 Å². The zero-order valence-electron chi connectivity index (χ0n) is 9.20. The average molecular weight is 305 g/mol. The summed E-state index contributed by atoms with van der Waals surface area (Å²) in [4.78, 5) is 0. The number of benzene rings is 2. The molecule has 0 atom stereocenters. The monoisotopic (exact) mass is 304 g/mol. The molecule has 2 aromatic carbocycles. The second-order valence-electron chi connectivity index (χ2n) is 3.13. The Labute approximate surface area is 127 Å². The van der Waals surface area contributed by atoms with Crippen LogP contribution in [0.25, 0.3) is 0 Å². The molecule has 2 rings (SSSR count). The molecule has 0 bridgehead atoms. The molecule has 0 fully saturated rings. The molecule has 0 heterocycles. The van der Waals surface area contributed by atoms with Crippen molar-refractivity contribution in [2.75, 3.05) is 0 Å². The molecule has 2 aromatic rings. The third-order valence-electron chi connectivity index (χ3n) is 1.96. The average Bonchev–Trinajstić information content (AvgIpc) is 2.28. The van der Waals surface area contributed by atoms with E-state index >= 15 is 0 Å². The van der Waals surface area contributed by atoms with Gasteiger partial charge in [0.25, 0.3) is 0 Å². The normalized spacial score (nSPS) is 8.76. The Morgan fingerprint density at radius 1 is 1.12 bits per heavy atom. The second-order valence-corrected chi connectivity index (χ2v) is 3.13. The fourth-order valence-electron chi connectivity index (χ4n) is 1.24. The number of hydrogen-bond acceptors (Lipinski definition) is 1. The molecule has 0 spiro atoms. The van der Waals surface area contributed by atoms with E-state index in [9.17, 15) is 4.39 Å². The van der Waals surface area contributed by atoms with Gasteiger partial charge in [0.2, 0.25) is 0 Å². The summed E-state index contributed by atoms with van der Waals surface area (Å²) in [6.07, 6.45) is 0. The van der Waals surface area contributed by atoms with Gasteiger partial charge < -0.3 is 21.7 Å². The van der Waals surface area contributed by atoms with Gasteiger partial charge in [-0.3, -0.25) is 0 Å². The van der Waals surface area contributed by atoms with Crippen LogP contribution < -0.4 is 21.7 Å². The van der Waals surface area contributed by atoms with Crippen LogP contribution in [0.2, 0.25) is 0 Å². The van der Waals surface area contributed by atoms with Crippen molar-refractivity contribution in [3.63, 3.8) is 0 Å². The molecule has 4 heteroatoms. The molecule has 0 aliphatic heterocycles. The Hall–Kier alpha value is -0.584. The van der Waals surface area contributed by atoms with Crippen LogP contribution in [0.1, 0.15) is 5.56 Å². The van der Waals surface area contributed by atoms with E-state index < -0.39 is 0 Å². The molecule has 0 amide bonds. The van der Waals surface area contributed by atoms with Crippen LogP contribution in [0.3, 0.4) is 0 Å². The van der Waals surface area contributed by atoms with Crippen LogP contribution in [0.15, 0.2) is 48.5 Å². The predicted molar refractivity (Wildman–Crippen MR) is 61.8 cm³/mol. The Morgan fingerprint density at radius 3 is 2.59 bits per heavy atom. The first-order chi connectivity index (χ1) is 7.34. The molecule has 0 aliphatic rings. The van der Waals surface area contributed by atoms with Gasteiger partial charge in [0.1, 0.15) is 11.6 Å². The molecular weight excluding hydrogens is 295 g/mol. The number of hydrogen-bond donors (Lipinski definition) is 0. The maximum absolute atomic E-state index is 12.8. The SMILES string of the molecule is Fc1cccc(OCc2[c-]cccc2)c1.[Br-].[Mg+2]. The van der Waals surface area contributed by atoms with E-state index in [4.69, 9.17) is 4.74 Å². The van der Waals surface area contributed by atoms with Crippen LogP contribution in [-0.2, 0) is 6.61 Å². The van der Waals surface area contributed by atoms with Gasteiger partial charge in [-0.25, -0.2) is 4.39 Å². The van der Waals surface area contributed by atoms with E-state index in [-0.39, 0.29) is 45.9 Å². The summed E-state index contributed by atoms with van der Waals surface area (Å²) in [5.74, 6) is 0.247. The third kappa shape index (κ3) is 5.52. The topological polar surface area (TPSA) is 9.23 Å². The third-order valence-corrected chi connectivity index (χ3v) is 1.96. The van der Waals surface area contributed by atoms with Crippen LogP contribution >= 0.6 is 0 Å².